The molecule has 1 amide bonds. The molecule has 2 aromatic carbocycles. The van der Waals surface area contributed by atoms with Gasteiger partial charge in [-0.25, -0.2) is 0 Å². The van der Waals surface area contributed by atoms with Gasteiger partial charge in [0.2, 0.25) is 0 Å². The fourth-order valence-corrected chi connectivity index (χ4v) is 3.94. The molecule has 3 aromatic rings. The smallest absolute Gasteiger partial charge is 0.300 e. The standard InChI is InChI=1S/C26H25NO5/c1-5-31-20-13-9-18(14-16(20)3)24(28)22-23(21-12-8-17(4)32-21)27(26(30)25(22)29)19-10-6-15(2)7-11-19/h6-14,23,28H,5H2,1-4H3/b24-22-. The van der Waals surface area contributed by atoms with Crippen molar-refractivity contribution in [3.8, 4) is 5.75 Å². The molecule has 164 valence electrons. The third-order valence-electron chi connectivity index (χ3n) is 5.54. The van der Waals surface area contributed by atoms with Crippen LogP contribution in [0.5, 0.6) is 5.75 Å². The zero-order valence-electron chi connectivity index (χ0n) is 18.5. The summed E-state index contributed by atoms with van der Waals surface area (Å²) in [6.07, 6.45) is 0. The maximum Gasteiger partial charge on any atom is 0.300 e. The fourth-order valence-electron chi connectivity index (χ4n) is 3.94. The van der Waals surface area contributed by atoms with Crippen molar-refractivity contribution in [1.82, 2.24) is 0 Å². The Morgan fingerprint density at radius 1 is 1.03 bits per heavy atom. The molecule has 6 heteroatoms. The van der Waals surface area contributed by atoms with Gasteiger partial charge in [-0.2, -0.15) is 0 Å². The van der Waals surface area contributed by atoms with Crippen LogP contribution in [0.25, 0.3) is 5.76 Å². The Morgan fingerprint density at radius 2 is 1.75 bits per heavy atom. The summed E-state index contributed by atoms with van der Waals surface area (Å²) < 4.78 is 11.4. The number of ether oxygens (including phenoxy) is 1. The van der Waals surface area contributed by atoms with Crippen molar-refractivity contribution in [2.75, 3.05) is 11.5 Å². The van der Waals surface area contributed by atoms with Gasteiger partial charge in [0.25, 0.3) is 11.7 Å². The van der Waals surface area contributed by atoms with Crippen molar-refractivity contribution in [2.45, 2.75) is 33.7 Å². The number of nitrogens with zero attached hydrogens (tertiary/aromatic N) is 1. The van der Waals surface area contributed by atoms with E-state index in [4.69, 9.17) is 9.15 Å². The van der Waals surface area contributed by atoms with Crippen molar-refractivity contribution in [3.05, 3.63) is 88.4 Å². The molecule has 0 radical (unpaired) electrons. The molecule has 6 nitrogen and oxygen atoms in total. The number of amides is 1. The highest BCUT2D eigenvalue weighted by atomic mass is 16.5. The molecule has 1 atom stereocenters. The van der Waals surface area contributed by atoms with E-state index in [9.17, 15) is 14.7 Å². The van der Waals surface area contributed by atoms with Crippen LogP contribution in [0.1, 0.15) is 41.2 Å². The Bertz CT molecular complexity index is 1220. The molecule has 1 aliphatic heterocycles. The van der Waals surface area contributed by atoms with Crippen LogP contribution < -0.4 is 9.64 Å². The number of carbonyl (C=O) groups excluding carboxylic acids is 2. The summed E-state index contributed by atoms with van der Waals surface area (Å²) in [5.74, 6) is 0.0363. The van der Waals surface area contributed by atoms with E-state index in [0.29, 0.717) is 35.1 Å². The molecule has 1 aromatic heterocycles. The number of rotatable bonds is 5. The third kappa shape index (κ3) is 3.68. The summed E-state index contributed by atoms with van der Waals surface area (Å²) in [4.78, 5) is 27.6. The summed E-state index contributed by atoms with van der Waals surface area (Å²) in [7, 11) is 0. The summed E-state index contributed by atoms with van der Waals surface area (Å²) in [5, 5.41) is 11.2. The lowest BCUT2D eigenvalue weighted by Crippen LogP contribution is -2.29. The molecule has 0 spiro atoms. The molecule has 0 saturated carbocycles. The third-order valence-corrected chi connectivity index (χ3v) is 5.54. The maximum atomic E-state index is 13.1. The second-order valence-electron chi connectivity index (χ2n) is 7.87. The largest absolute Gasteiger partial charge is 0.507 e. The number of carbonyl (C=O) groups is 2. The van der Waals surface area contributed by atoms with Crippen molar-refractivity contribution in [1.29, 1.82) is 0 Å². The Kier molecular flexibility index (Phi) is 5.61. The van der Waals surface area contributed by atoms with Gasteiger partial charge in [-0.05, 0) is 75.7 Å². The number of aryl methyl sites for hydroxylation is 3. The second kappa shape index (κ2) is 8.38. The van der Waals surface area contributed by atoms with Crippen molar-refractivity contribution < 1.29 is 23.8 Å². The molecule has 0 aliphatic carbocycles. The first-order valence-corrected chi connectivity index (χ1v) is 10.5. The van der Waals surface area contributed by atoms with Crippen molar-refractivity contribution >= 4 is 23.1 Å². The van der Waals surface area contributed by atoms with Gasteiger partial charge in [-0.3, -0.25) is 14.5 Å². The van der Waals surface area contributed by atoms with Crippen LogP contribution in [0.4, 0.5) is 5.69 Å². The molecule has 2 heterocycles. The quantitative estimate of drug-likeness (QED) is 0.340. The number of ketones is 1. The number of aliphatic hydroxyl groups excluding tert-OH is 1. The SMILES string of the molecule is CCOc1ccc(/C(O)=C2/C(=O)C(=O)N(c3ccc(C)cc3)C2c2ccc(C)o2)cc1C. The molecule has 1 unspecified atom stereocenters. The second-order valence-corrected chi connectivity index (χ2v) is 7.87. The minimum atomic E-state index is -0.877. The number of furan rings is 1. The molecule has 4 rings (SSSR count). The number of hydrogen-bond donors (Lipinski definition) is 1. The van der Waals surface area contributed by atoms with Crippen LogP contribution in [0.3, 0.4) is 0 Å². The lowest BCUT2D eigenvalue weighted by molar-refractivity contribution is -0.132. The van der Waals surface area contributed by atoms with E-state index in [1.165, 1.54) is 4.90 Å². The molecule has 0 bridgehead atoms. The Labute approximate surface area is 186 Å². The highest BCUT2D eigenvalue weighted by molar-refractivity contribution is 6.51. The first kappa shape index (κ1) is 21.4. The number of aliphatic hydroxyl groups is 1. The summed E-state index contributed by atoms with van der Waals surface area (Å²) in [6.45, 7) is 8.01. The molecule has 1 fully saturated rings. The van der Waals surface area contributed by atoms with Crippen molar-refractivity contribution in [2.24, 2.45) is 0 Å². The fraction of sp³-hybridized carbons (Fsp3) is 0.231. The number of benzene rings is 2. The first-order chi connectivity index (χ1) is 15.3. The molecule has 32 heavy (non-hydrogen) atoms. The van der Waals surface area contributed by atoms with Crippen LogP contribution in [0.2, 0.25) is 0 Å². The number of Topliss-reactive ketones (excluding diaryl/α,β-unsaturated/α-hetero) is 1. The van der Waals surface area contributed by atoms with Crippen LogP contribution in [-0.4, -0.2) is 23.4 Å². The van der Waals surface area contributed by atoms with Gasteiger partial charge in [0, 0.05) is 11.3 Å². The highest BCUT2D eigenvalue weighted by Crippen LogP contribution is 2.43. The molecule has 1 aliphatic rings. The molecular formula is C26H25NO5. The zero-order valence-corrected chi connectivity index (χ0v) is 18.5. The average molecular weight is 431 g/mol. The Morgan fingerprint density at radius 3 is 2.34 bits per heavy atom. The summed E-state index contributed by atoms with van der Waals surface area (Å²) >= 11 is 0. The normalized spacial score (nSPS) is 17.8. The zero-order chi connectivity index (χ0) is 23.0. The van der Waals surface area contributed by atoms with Gasteiger partial charge < -0.3 is 14.3 Å². The van der Waals surface area contributed by atoms with E-state index < -0.39 is 17.7 Å². The molecule has 1 saturated heterocycles. The van der Waals surface area contributed by atoms with Crippen LogP contribution in [-0.2, 0) is 9.59 Å². The van der Waals surface area contributed by atoms with E-state index in [0.717, 1.165) is 11.1 Å². The molecular weight excluding hydrogens is 406 g/mol. The summed E-state index contributed by atoms with van der Waals surface area (Å²) in [6, 6.07) is 15.1. The van der Waals surface area contributed by atoms with Crippen LogP contribution >= 0.6 is 0 Å². The van der Waals surface area contributed by atoms with Gasteiger partial charge in [-0.15, -0.1) is 0 Å². The van der Waals surface area contributed by atoms with E-state index in [1.807, 2.05) is 32.9 Å². The van der Waals surface area contributed by atoms with E-state index in [1.54, 1.807) is 49.4 Å². The van der Waals surface area contributed by atoms with Crippen LogP contribution in [0, 0.1) is 20.8 Å². The van der Waals surface area contributed by atoms with Gasteiger partial charge in [-0.1, -0.05) is 17.7 Å². The topological polar surface area (TPSA) is 80.0 Å². The van der Waals surface area contributed by atoms with E-state index >= 15 is 0 Å². The highest BCUT2D eigenvalue weighted by Gasteiger charge is 2.48. The number of anilines is 1. The lowest BCUT2D eigenvalue weighted by Gasteiger charge is -2.23. The van der Waals surface area contributed by atoms with Gasteiger partial charge in [0.1, 0.15) is 29.1 Å². The van der Waals surface area contributed by atoms with Crippen LogP contribution in [0.15, 0.2) is 64.6 Å². The van der Waals surface area contributed by atoms with Gasteiger partial charge >= 0.3 is 0 Å². The predicted octanol–water partition coefficient (Wildman–Crippen LogP) is 5.23. The monoisotopic (exact) mass is 431 g/mol. The van der Waals surface area contributed by atoms with Gasteiger partial charge in [0.15, 0.2) is 0 Å². The predicted molar refractivity (Wildman–Crippen MR) is 122 cm³/mol. The first-order valence-electron chi connectivity index (χ1n) is 10.5. The van der Waals surface area contributed by atoms with Crippen molar-refractivity contribution in [3.63, 3.8) is 0 Å². The summed E-state index contributed by atoms with van der Waals surface area (Å²) in [5.41, 5.74) is 2.82. The lowest BCUT2D eigenvalue weighted by atomic mass is 9.98. The number of hydrogen-bond acceptors (Lipinski definition) is 5. The van der Waals surface area contributed by atoms with E-state index in [-0.39, 0.29) is 11.3 Å². The minimum absolute atomic E-state index is 0.00603. The molecule has 1 N–H and O–H groups in total. The maximum absolute atomic E-state index is 13.1. The average Bonchev–Trinajstić information content (AvgIpc) is 3.31. The Balaban J connectivity index is 1.89. The Hall–Kier alpha value is -3.80. The van der Waals surface area contributed by atoms with Gasteiger partial charge in [0.05, 0.1) is 12.2 Å². The minimum Gasteiger partial charge on any atom is -0.507 e. The van der Waals surface area contributed by atoms with E-state index in [2.05, 4.69) is 0 Å².